The van der Waals surface area contributed by atoms with E-state index in [9.17, 15) is 19.2 Å². The summed E-state index contributed by atoms with van der Waals surface area (Å²) in [7, 11) is 0. The van der Waals surface area contributed by atoms with Gasteiger partial charge in [0.1, 0.15) is 30.8 Å². The summed E-state index contributed by atoms with van der Waals surface area (Å²) in [5.74, 6) is -0.578. The number of aryl methyl sites for hydroxylation is 2. The smallest absolute Gasteiger partial charge is 0.251 e. The Hall–Kier alpha value is -7.46. The molecule has 2 aromatic heterocycles. The van der Waals surface area contributed by atoms with E-state index in [2.05, 4.69) is 44.1 Å². The first kappa shape index (κ1) is 47.6. The van der Waals surface area contributed by atoms with Crippen LogP contribution in [-0.4, -0.2) is 62.6 Å². The van der Waals surface area contributed by atoms with Crippen molar-refractivity contribution in [1.82, 2.24) is 36.9 Å². The Balaban J connectivity index is 0.000000174. The number of para-hydroxylation sites is 2. The lowest BCUT2D eigenvalue weighted by atomic mass is 9.93. The highest BCUT2D eigenvalue weighted by Crippen LogP contribution is 2.32. The van der Waals surface area contributed by atoms with Gasteiger partial charge in [-0.05, 0) is 129 Å². The summed E-state index contributed by atoms with van der Waals surface area (Å²) in [4.78, 5) is 58.9. The molecule has 15 heteroatoms. The highest BCUT2D eigenvalue weighted by atomic mass is 16.5. The molecule has 2 fully saturated rings. The van der Waals surface area contributed by atoms with Crippen molar-refractivity contribution in [3.05, 3.63) is 154 Å². The first-order chi connectivity index (χ1) is 34.0. The summed E-state index contributed by atoms with van der Waals surface area (Å²) < 4.78 is 12.3. The second-order valence-electron chi connectivity index (χ2n) is 18.4. The van der Waals surface area contributed by atoms with Crippen molar-refractivity contribution < 1.29 is 39.1 Å². The van der Waals surface area contributed by atoms with Gasteiger partial charge in [-0.3, -0.25) is 39.6 Å². The first-order valence-corrected chi connectivity index (χ1v) is 23.9. The minimum absolute atomic E-state index is 0.152. The molecule has 7 aromatic rings. The Morgan fingerprint density at radius 1 is 0.614 bits per heavy atom. The summed E-state index contributed by atoms with van der Waals surface area (Å²) in [6.45, 7) is 5.50. The molecule has 4 amide bonds. The van der Waals surface area contributed by atoms with E-state index in [0.717, 1.165) is 103 Å². The molecule has 10 rings (SSSR count). The molecule has 7 N–H and O–H groups in total. The van der Waals surface area contributed by atoms with Crippen LogP contribution in [-0.2, 0) is 34.0 Å². The maximum absolute atomic E-state index is 13.1. The standard InChI is InChI=1S/C28H27N3O4.C27H30N4O4/c1-17-13-21(23-5-2-3-7-25(23)29-17)16-35-22-12-11-18-14-20(10-9-19(18)15-22)27(32)30-26-8-4-6-24(26)28(33)31-34;1-16-13-18(20-5-2-3-7-23(20)29-16)15-35-19-9-10-21-17(14-19)11-12-28-25(21)27(33)30-24-8-4-6-22(24)26(32)31-34/h2-3,5,7,9-15,24,26,34H,4,6,8,16H2,1H3,(H,30,32)(H,31,33);2-3,5,7,9-10,13-14,22,24-25,28,34H,4,6,8,11-12,15H2,1H3,(H,30,33)(H,31,32). The number of fused-ring (bicyclic) bond motifs is 4. The van der Waals surface area contributed by atoms with Gasteiger partial charge < -0.3 is 25.4 Å². The number of pyridine rings is 2. The molecule has 3 aliphatic rings. The molecule has 360 valence electrons. The summed E-state index contributed by atoms with van der Waals surface area (Å²) >= 11 is 0. The van der Waals surface area contributed by atoms with Gasteiger partial charge in [0.15, 0.2) is 0 Å². The number of carbonyl (C=O) groups is 4. The van der Waals surface area contributed by atoms with E-state index in [1.807, 2.05) is 105 Å². The molecule has 3 heterocycles. The van der Waals surface area contributed by atoms with Crippen molar-refractivity contribution in [1.29, 1.82) is 0 Å². The molecular formula is C55H57N7O8. The van der Waals surface area contributed by atoms with Crippen molar-refractivity contribution in [2.45, 2.75) is 90.1 Å². The van der Waals surface area contributed by atoms with Crippen LogP contribution in [0, 0.1) is 25.7 Å². The van der Waals surface area contributed by atoms with E-state index in [4.69, 9.17) is 19.9 Å². The third-order valence-electron chi connectivity index (χ3n) is 13.7. The predicted molar refractivity (Wildman–Crippen MR) is 264 cm³/mol. The molecule has 2 aliphatic carbocycles. The fourth-order valence-corrected chi connectivity index (χ4v) is 10.2. The molecule has 5 unspecified atom stereocenters. The van der Waals surface area contributed by atoms with Crippen molar-refractivity contribution in [2.24, 2.45) is 11.8 Å². The van der Waals surface area contributed by atoms with Crippen LogP contribution in [0.15, 0.2) is 115 Å². The Labute approximate surface area is 405 Å². The van der Waals surface area contributed by atoms with Gasteiger partial charge in [0, 0.05) is 57.5 Å². The fourth-order valence-electron chi connectivity index (χ4n) is 10.2. The van der Waals surface area contributed by atoms with Crippen LogP contribution in [0.2, 0.25) is 0 Å². The number of hydrogen-bond donors (Lipinski definition) is 7. The van der Waals surface area contributed by atoms with Gasteiger partial charge in [0.05, 0.1) is 22.9 Å². The average Bonchev–Trinajstić information content (AvgIpc) is 4.06. The fraction of sp³-hybridized carbons (Fsp3) is 0.309. The molecule has 70 heavy (non-hydrogen) atoms. The molecule has 0 bridgehead atoms. The number of benzene rings is 5. The monoisotopic (exact) mass is 943 g/mol. The van der Waals surface area contributed by atoms with Crippen LogP contribution in [0.3, 0.4) is 0 Å². The van der Waals surface area contributed by atoms with Crippen LogP contribution in [0.1, 0.15) is 88.6 Å². The second-order valence-corrected chi connectivity index (χ2v) is 18.4. The molecule has 0 radical (unpaired) electrons. The van der Waals surface area contributed by atoms with Crippen LogP contribution < -0.4 is 36.4 Å². The van der Waals surface area contributed by atoms with Gasteiger partial charge in [-0.1, -0.05) is 67.4 Å². The maximum Gasteiger partial charge on any atom is 0.251 e. The minimum Gasteiger partial charge on any atom is -0.489 e. The van der Waals surface area contributed by atoms with E-state index in [1.54, 1.807) is 17.0 Å². The predicted octanol–water partition coefficient (Wildman–Crippen LogP) is 7.78. The SMILES string of the molecule is Cc1cc(COc2ccc3c(c2)CCNC3C(=O)NC2CCCC2C(=O)NO)c2ccccc2n1.Cc1cc(COc2ccc3cc(C(=O)NC4CCCC4C(=O)NO)ccc3c2)c2ccccc2n1. The first-order valence-electron chi connectivity index (χ1n) is 23.9. The number of nitrogens with one attached hydrogen (secondary N) is 5. The van der Waals surface area contributed by atoms with Crippen LogP contribution in [0.25, 0.3) is 32.6 Å². The lowest BCUT2D eigenvalue weighted by molar-refractivity contribution is -0.135. The zero-order valence-electron chi connectivity index (χ0n) is 39.2. The normalized spacial score (nSPS) is 19.4. The topological polar surface area (TPSA) is 213 Å². The quantitative estimate of drug-likeness (QED) is 0.0464. The summed E-state index contributed by atoms with van der Waals surface area (Å²) in [5.41, 5.74) is 11.9. The van der Waals surface area contributed by atoms with Gasteiger partial charge in [-0.2, -0.15) is 0 Å². The van der Waals surface area contributed by atoms with E-state index in [1.165, 1.54) is 0 Å². The maximum atomic E-state index is 13.1. The Morgan fingerprint density at radius 2 is 1.16 bits per heavy atom. The lowest BCUT2D eigenvalue weighted by Crippen LogP contribution is -2.48. The summed E-state index contributed by atoms with van der Waals surface area (Å²) in [5, 5.41) is 31.3. The van der Waals surface area contributed by atoms with Gasteiger partial charge in [-0.25, -0.2) is 11.0 Å². The Bertz CT molecular complexity index is 3090. The third-order valence-corrected chi connectivity index (χ3v) is 13.7. The summed E-state index contributed by atoms with van der Waals surface area (Å²) in [6.07, 6.45) is 5.20. The molecule has 0 saturated heterocycles. The Kier molecular flexibility index (Phi) is 14.6. The largest absolute Gasteiger partial charge is 0.489 e. The number of hydroxylamine groups is 2. The zero-order chi connectivity index (χ0) is 48.7. The Morgan fingerprint density at radius 3 is 1.77 bits per heavy atom. The summed E-state index contributed by atoms with van der Waals surface area (Å²) in [6, 6.07) is 36.3. The second kappa shape index (κ2) is 21.5. The van der Waals surface area contributed by atoms with Gasteiger partial charge in [-0.15, -0.1) is 0 Å². The van der Waals surface area contributed by atoms with Gasteiger partial charge in [0.2, 0.25) is 17.7 Å². The van der Waals surface area contributed by atoms with Gasteiger partial charge in [0.25, 0.3) is 5.91 Å². The molecule has 15 nitrogen and oxygen atoms in total. The number of ether oxygens (including phenoxy) is 2. The van der Waals surface area contributed by atoms with Crippen molar-refractivity contribution in [3.63, 3.8) is 0 Å². The molecule has 2 saturated carbocycles. The minimum atomic E-state index is -0.488. The number of rotatable bonds is 12. The van der Waals surface area contributed by atoms with E-state index < -0.39 is 29.7 Å². The highest BCUT2D eigenvalue weighted by molar-refractivity contribution is 5.99. The molecule has 1 aliphatic heterocycles. The molecule has 5 aromatic carbocycles. The average molecular weight is 944 g/mol. The molecule has 0 spiro atoms. The van der Waals surface area contributed by atoms with Crippen LogP contribution >= 0.6 is 0 Å². The molecular weight excluding hydrogens is 887 g/mol. The van der Waals surface area contributed by atoms with E-state index in [-0.39, 0.29) is 23.9 Å². The highest BCUT2D eigenvalue weighted by Gasteiger charge is 2.37. The number of nitrogens with zero attached hydrogens (tertiary/aromatic N) is 2. The van der Waals surface area contributed by atoms with Crippen molar-refractivity contribution in [2.75, 3.05) is 6.54 Å². The van der Waals surface area contributed by atoms with E-state index >= 15 is 0 Å². The number of aromatic nitrogens is 2. The van der Waals surface area contributed by atoms with Gasteiger partial charge >= 0.3 is 0 Å². The third kappa shape index (κ3) is 10.7. The lowest BCUT2D eigenvalue weighted by Gasteiger charge is -2.29. The van der Waals surface area contributed by atoms with Crippen molar-refractivity contribution in [3.8, 4) is 11.5 Å². The zero-order valence-corrected chi connectivity index (χ0v) is 39.2. The van der Waals surface area contributed by atoms with Crippen LogP contribution in [0.4, 0.5) is 0 Å². The van der Waals surface area contributed by atoms with E-state index in [0.29, 0.717) is 44.6 Å². The number of hydrogen-bond acceptors (Lipinski definition) is 11. The molecule has 5 atom stereocenters. The number of amides is 4. The van der Waals surface area contributed by atoms with Crippen molar-refractivity contribution >= 4 is 56.2 Å². The van der Waals surface area contributed by atoms with Crippen LogP contribution in [0.5, 0.6) is 11.5 Å². The number of carbonyl (C=O) groups excluding carboxylic acids is 4.